The number of ether oxygens (including phenoxy) is 2. The molecule has 0 aliphatic rings. The molecule has 3 rings (SSSR count). The van der Waals surface area contributed by atoms with Crippen LogP contribution < -0.4 is 14.9 Å². The van der Waals surface area contributed by atoms with Crippen LogP contribution in [0.4, 0.5) is 5.69 Å². The Labute approximate surface area is 165 Å². The third-order valence-electron chi connectivity index (χ3n) is 3.98. The molecule has 2 N–H and O–H groups in total. The summed E-state index contributed by atoms with van der Waals surface area (Å²) < 4.78 is 10.4. The van der Waals surface area contributed by atoms with Gasteiger partial charge in [-0.1, -0.05) is 12.1 Å². The van der Waals surface area contributed by atoms with E-state index in [9.17, 15) is 14.9 Å². The minimum Gasteiger partial charge on any atom is -0.497 e. The summed E-state index contributed by atoms with van der Waals surface area (Å²) in [5, 5.41) is 21.4. The van der Waals surface area contributed by atoms with Crippen LogP contribution in [0, 0.1) is 10.1 Å². The number of nitro benzene ring substituents is 1. The highest BCUT2D eigenvalue weighted by Gasteiger charge is 2.13. The minimum absolute atomic E-state index is 0.0617. The molecule has 0 saturated carbocycles. The second-order valence-corrected chi connectivity index (χ2v) is 5.78. The second-order valence-electron chi connectivity index (χ2n) is 5.78. The van der Waals surface area contributed by atoms with Crippen LogP contribution in [0.25, 0.3) is 11.3 Å². The fourth-order valence-electron chi connectivity index (χ4n) is 2.53. The fraction of sp³-hybridized carbons (Fsp3) is 0.105. The molecular weight excluding hydrogens is 378 g/mol. The molecule has 3 aromatic rings. The number of benzene rings is 2. The number of amides is 1. The van der Waals surface area contributed by atoms with Crippen LogP contribution in [0.2, 0.25) is 0 Å². The molecule has 1 amide bonds. The molecule has 0 unspecified atom stereocenters. The van der Waals surface area contributed by atoms with Crippen LogP contribution in [-0.4, -0.2) is 41.5 Å². The number of hydrazone groups is 1. The molecule has 0 fully saturated rings. The highest BCUT2D eigenvalue weighted by Crippen LogP contribution is 2.23. The lowest BCUT2D eigenvalue weighted by Crippen LogP contribution is -2.18. The Morgan fingerprint density at radius 3 is 2.76 bits per heavy atom. The normalized spacial score (nSPS) is 10.7. The zero-order valence-corrected chi connectivity index (χ0v) is 15.6. The van der Waals surface area contributed by atoms with Crippen molar-refractivity contribution in [3.05, 3.63) is 69.9 Å². The van der Waals surface area contributed by atoms with Gasteiger partial charge in [0.1, 0.15) is 17.2 Å². The molecule has 1 heterocycles. The molecule has 10 heteroatoms. The Bertz CT molecular complexity index is 1080. The van der Waals surface area contributed by atoms with E-state index in [0.717, 1.165) is 0 Å². The van der Waals surface area contributed by atoms with Crippen LogP contribution in [0.1, 0.15) is 16.1 Å². The third-order valence-corrected chi connectivity index (χ3v) is 3.98. The first-order valence-corrected chi connectivity index (χ1v) is 8.37. The van der Waals surface area contributed by atoms with Gasteiger partial charge in [-0.3, -0.25) is 20.0 Å². The number of rotatable bonds is 7. The molecule has 29 heavy (non-hydrogen) atoms. The van der Waals surface area contributed by atoms with E-state index in [0.29, 0.717) is 28.3 Å². The first-order valence-electron chi connectivity index (χ1n) is 8.37. The molecule has 2 aromatic carbocycles. The van der Waals surface area contributed by atoms with Crippen LogP contribution in [0.5, 0.6) is 11.5 Å². The van der Waals surface area contributed by atoms with Crippen molar-refractivity contribution in [3.63, 3.8) is 0 Å². The number of methoxy groups -OCH3 is 2. The highest BCUT2D eigenvalue weighted by molar-refractivity contribution is 5.94. The Balaban J connectivity index is 1.72. The quantitative estimate of drug-likeness (QED) is 0.359. The van der Waals surface area contributed by atoms with Gasteiger partial charge in [0, 0.05) is 23.3 Å². The Morgan fingerprint density at radius 2 is 2.03 bits per heavy atom. The Hall–Kier alpha value is -4.21. The van der Waals surface area contributed by atoms with E-state index in [1.54, 1.807) is 37.4 Å². The predicted molar refractivity (Wildman–Crippen MR) is 105 cm³/mol. The predicted octanol–water partition coefficient (Wildman–Crippen LogP) is 2.77. The molecular formula is C19H17N5O5. The second kappa shape index (κ2) is 8.65. The van der Waals surface area contributed by atoms with Crippen molar-refractivity contribution < 1.29 is 19.2 Å². The molecule has 1 aromatic heterocycles. The van der Waals surface area contributed by atoms with Crippen molar-refractivity contribution in [1.29, 1.82) is 0 Å². The lowest BCUT2D eigenvalue weighted by atomic mass is 10.1. The number of hydrogen-bond donors (Lipinski definition) is 2. The number of nitrogens with one attached hydrogen (secondary N) is 2. The maximum atomic E-state index is 12.3. The monoisotopic (exact) mass is 395 g/mol. The van der Waals surface area contributed by atoms with Crippen molar-refractivity contribution in [3.8, 4) is 22.8 Å². The van der Waals surface area contributed by atoms with Crippen molar-refractivity contribution in [2.24, 2.45) is 5.10 Å². The Kier molecular flexibility index (Phi) is 5.83. The summed E-state index contributed by atoms with van der Waals surface area (Å²) in [6.07, 6.45) is 1.43. The number of aromatic amines is 1. The SMILES string of the molecule is COc1ccc(OC)c(/C=N/NC(=O)c2cc(-c3cccc([N+](=O)[O-])c3)n[nH]2)c1. The number of aromatic nitrogens is 2. The summed E-state index contributed by atoms with van der Waals surface area (Å²) in [5.74, 6) is 0.666. The number of carbonyl (C=O) groups is 1. The Morgan fingerprint density at radius 1 is 1.21 bits per heavy atom. The van der Waals surface area contributed by atoms with Crippen LogP contribution in [0.3, 0.4) is 0 Å². The third kappa shape index (κ3) is 4.56. The van der Waals surface area contributed by atoms with E-state index in [1.807, 2.05) is 0 Å². The smallest absolute Gasteiger partial charge is 0.289 e. The number of non-ortho nitro benzene ring substituents is 1. The lowest BCUT2D eigenvalue weighted by molar-refractivity contribution is -0.384. The zero-order chi connectivity index (χ0) is 20.8. The van der Waals surface area contributed by atoms with E-state index >= 15 is 0 Å². The van der Waals surface area contributed by atoms with Crippen molar-refractivity contribution in [2.75, 3.05) is 14.2 Å². The molecule has 0 atom stereocenters. The van der Waals surface area contributed by atoms with Gasteiger partial charge >= 0.3 is 0 Å². The van der Waals surface area contributed by atoms with Crippen molar-refractivity contribution in [2.45, 2.75) is 0 Å². The summed E-state index contributed by atoms with van der Waals surface area (Å²) >= 11 is 0. The van der Waals surface area contributed by atoms with Gasteiger partial charge in [-0.2, -0.15) is 10.2 Å². The van der Waals surface area contributed by atoms with Gasteiger partial charge in [0.25, 0.3) is 11.6 Å². The maximum absolute atomic E-state index is 12.3. The summed E-state index contributed by atoms with van der Waals surface area (Å²) in [6, 6.07) is 12.6. The van der Waals surface area contributed by atoms with Gasteiger partial charge in [0.05, 0.1) is 31.1 Å². The number of hydrogen-bond acceptors (Lipinski definition) is 7. The van der Waals surface area contributed by atoms with Gasteiger partial charge in [0.15, 0.2) is 0 Å². The van der Waals surface area contributed by atoms with Gasteiger partial charge < -0.3 is 9.47 Å². The van der Waals surface area contributed by atoms with Gasteiger partial charge in [-0.05, 0) is 24.3 Å². The van der Waals surface area contributed by atoms with E-state index in [4.69, 9.17) is 9.47 Å². The van der Waals surface area contributed by atoms with E-state index in [2.05, 4.69) is 20.7 Å². The first-order chi connectivity index (χ1) is 14.0. The number of H-pyrrole nitrogens is 1. The number of carbonyl (C=O) groups excluding carboxylic acids is 1. The van der Waals surface area contributed by atoms with E-state index in [-0.39, 0.29) is 11.4 Å². The largest absolute Gasteiger partial charge is 0.497 e. The summed E-state index contributed by atoms with van der Waals surface area (Å²) in [6.45, 7) is 0. The molecule has 0 aliphatic carbocycles. The summed E-state index contributed by atoms with van der Waals surface area (Å²) in [7, 11) is 3.07. The minimum atomic E-state index is -0.521. The van der Waals surface area contributed by atoms with E-state index < -0.39 is 10.8 Å². The molecule has 0 saturated heterocycles. The van der Waals surface area contributed by atoms with Crippen LogP contribution in [-0.2, 0) is 0 Å². The van der Waals surface area contributed by atoms with Gasteiger partial charge in [-0.25, -0.2) is 5.43 Å². The molecule has 0 spiro atoms. The average Bonchev–Trinajstić information content (AvgIpc) is 3.24. The number of nitrogens with zero attached hydrogens (tertiary/aromatic N) is 3. The number of nitro groups is 1. The average molecular weight is 395 g/mol. The molecule has 148 valence electrons. The van der Waals surface area contributed by atoms with Gasteiger partial charge in [-0.15, -0.1) is 0 Å². The first kappa shape index (κ1) is 19.5. The van der Waals surface area contributed by atoms with Crippen molar-refractivity contribution >= 4 is 17.8 Å². The van der Waals surface area contributed by atoms with Crippen molar-refractivity contribution in [1.82, 2.24) is 15.6 Å². The van der Waals surface area contributed by atoms with Crippen LogP contribution in [0.15, 0.2) is 53.6 Å². The topological polar surface area (TPSA) is 132 Å². The summed E-state index contributed by atoms with van der Waals surface area (Å²) in [5.41, 5.74) is 4.01. The van der Waals surface area contributed by atoms with Crippen LogP contribution >= 0.6 is 0 Å². The maximum Gasteiger partial charge on any atom is 0.289 e. The summed E-state index contributed by atoms with van der Waals surface area (Å²) in [4.78, 5) is 22.7. The molecule has 0 aliphatic heterocycles. The standard InChI is InChI=1S/C19H17N5O5/c1-28-15-6-7-18(29-2)13(9-15)11-20-23-19(25)17-10-16(21-22-17)12-4-3-5-14(8-12)24(26)27/h3-11H,1-2H3,(H,21,22)(H,23,25)/b20-11+. The molecule has 0 radical (unpaired) electrons. The fourth-order valence-corrected chi connectivity index (χ4v) is 2.53. The lowest BCUT2D eigenvalue weighted by Gasteiger charge is -2.06. The molecule has 0 bridgehead atoms. The molecule has 10 nitrogen and oxygen atoms in total. The van der Waals surface area contributed by atoms with E-state index in [1.165, 1.54) is 31.5 Å². The zero-order valence-electron chi connectivity index (χ0n) is 15.6. The van der Waals surface area contributed by atoms with Gasteiger partial charge in [0.2, 0.25) is 0 Å². The highest BCUT2D eigenvalue weighted by atomic mass is 16.6.